The van der Waals surface area contributed by atoms with Crippen molar-refractivity contribution >= 4 is 29.2 Å². The molecular weight excluding hydrogens is 340 g/mol. The van der Waals surface area contributed by atoms with Gasteiger partial charge in [-0.05, 0) is 38.4 Å². The summed E-state index contributed by atoms with van der Waals surface area (Å²) in [7, 11) is 1.93. The number of carbonyl (C=O) groups excluding carboxylic acids is 1. The zero-order valence-corrected chi connectivity index (χ0v) is 15.5. The Bertz CT molecular complexity index is 805. The van der Waals surface area contributed by atoms with Crippen molar-refractivity contribution < 1.29 is 4.79 Å². The number of nitrogens with zero attached hydrogens (tertiary/aromatic N) is 3. The van der Waals surface area contributed by atoms with Gasteiger partial charge in [0.15, 0.2) is 0 Å². The van der Waals surface area contributed by atoms with Crippen LogP contribution in [0.2, 0.25) is 0 Å². The number of aromatic nitrogens is 2. The number of benzene rings is 1. The Kier molecular flexibility index (Phi) is 6.56. The number of nitrogens with one attached hydrogen (secondary N) is 1. The molecule has 136 valence electrons. The molecular formula is C18H25ClN4O2. The van der Waals surface area contributed by atoms with Gasteiger partial charge in [-0.2, -0.15) is 0 Å². The van der Waals surface area contributed by atoms with Crippen molar-refractivity contribution in [2.45, 2.75) is 38.8 Å². The topological polar surface area (TPSA) is 67.2 Å². The molecule has 0 radical (unpaired) electrons. The second kappa shape index (κ2) is 8.45. The van der Waals surface area contributed by atoms with Gasteiger partial charge < -0.3 is 10.2 Å². The van der Waals surface area contributed by atoms with Crippen LogP contribution in [0.4, 0.5) is 0 Å². The number of para-hydroxylation sites is 1. The van der Waals surface area contributed by atoms with E-state index in [1.54, 1.807) is 17.0 Å². The van der Waals surface area contributed by atoms with Crippen LogP contribution >= 0.6 is 12.4 Å². The number of halogens is 1. The highest BCUT2D eigenvalue weighted by atomic mass is 35.5. The fourth-order valence-corrected chi connectivity index (χ4v) is 3.31. The van der Waals surface area contributed by atoms with Crippen LogP contribution in [0.15, 0.2) is 29.3 Å². The first-order chi connectivity index (χ1) is 11.6. The number of likely N-dealkylation sites (N-methyl/N-ethyl adjacent to an activating group) is 1. The summed E-state index contributed by atoms with van der Waals surface area (Å²) in [5.41, 5.74) is 1.64. The maximum atomic E-state index is 12.6. The summed E-state index contributed by atoms with van der Waals surface area (Å²) in [6.07, 6.45) is 4.01. The Labute approximate surface area is 153 Å². The lowest BCUT2D eigenvalue weighted by atomic mass is 10.1. The summed E-state index contributed by atoms with van der Waals surface area (Å²) < 4.78 is 1.54. The standard InChI is InChI=1S/C18H24N4O2.ClH/c1-13-5-3-7-15-17(13)20-12-22(18(15)24)10-8-16(23)21-9-4-6-14(11-21)19-2;/h3,5,7,12,14,19H,4,6,8-11H2,1-2H3;1H. The van der Waals surface area contributed by atoms with Crippen molar-refractivity contribution in [2.24, 2.45) is 0 Å². The molecule has 0 aliphatic carbocycles. The molecule has 6 nitrogen and oxygen atoms in total. The van der Waals surface area contributed by atoms with Crippen molar-refractivity contribution in [1.82, 2.24) is 19.8 Å². The van der Waals surface area contributed by atoms with Gasteiger partial charge in [0, 0.05) is 32.1 Å². The number of aryl methyl sites for hydroxylation is 2. The predicted molar refractivity (Wildman–Crippen MR) is 101 cm³/mol. The molecule has 1 amide bonds. The van der Waals surface area contributed by atoms with E-state index in [2.05, 4.69) is 10.3 Å². The third-order valence-corrected chi connectivity index (χ3v) is 4.80. The Morgan fingerprint density at radius 3 is 2.96 bits per heavy atom. The van der Waals surface area contributed by atoms with Crippen LogP contribution in [0.5, 0.6) is 0 Å². The van der Waals surface area contributed by atoms with Gasteiger partial charge in [-0.1, -0.05) is 12.1 Å². The van der Waals surface area contributed by atoms with E-state index in [1.807, 2.05) is 31.0 Å². The lowest BCUT2D eigenvalue weighted by Gasteiger charge is -2.32. The van der Waals surface area contributed by atoms with Crippen LogP contribution < -0.4 is 10.9 Å². The van der Waals surface area contributed by atoms with Crippen LogP contribution in [-0.4, -0.2) is 46.5 Å². The molecule has 0 bridgehead atoms. The zero-order chi connectivity index (χ0) is 17.1. The van der Waals surface area contributed by atoms with Gasteiger partial charge >= 0.3 is 0 Å². The molecule has 1 aliphatic heterocycles. The number of hydrogen-bond acceptors (Lipinski definition) is 4. The van der Waals surface area contributed by atoms with E-state index in [0.29, 0.717) is 24.4 Å². The fraction of sp³-hybridized carbons (Fsp3) is 0.500. The van der Waals surface area contributed by atoms with Crippen molar-refractivity contribution in [3.8, 4) is 0 Å². The number of amides is 1. The molecule has 1 atom stereocenters. The summed E-state index contributed by atoms with van der Waals surface area (Å²) in [6.45, 7) is 3.87. The number of likely N-dealkylation sites (tertiary alicyclic amines) is 1. The number of piperidine rings is 1. The Morgan fingerprint density at radius 2 is 2.20 bits per heavy atom. The molecule has 1 aliphatic rings. The third kappa shape index (κ3) is 4.19. The summed E-state index contributed by atoms with van der Waals surface area (Å²) in [5.74, 6) is 0.103. The van der Waals surface area contributed by atoms with E-state index in [-0.39, 0.29) is 23.9 Å². The average molecular weight is 365 g/mol. The van der Waals surface area contributed by atoms with Crippen LogP contribution in [0.1, 0.15) is 24.8 Å². The average Bonchev–Trinajstić information content (AvgIpc) is 2.61. The van der Waals surface area contributed by atoms with Gasteiger partial charge in [0.25, 0.3) is 5.56 Å². The largest absolute Gasteiger partial charge is 0.341 e. The predicted octanol–water partition coefficient (Wildman–Crippen LogP) is 1.73. The lowest BCUT2D eigenvalue weighted by molar-refractivity contribution is -0.132. The molecule has 0 spiro atoms. The molecule has 1 aromatic heterocycles. The Balaban J connectivity index is 0.00000225. The second-order valence-electron chi connectivity index (χ2n) is 6.43. The normalized spacial score (nSPS) is 17.4. The number of rotatable bonds is 4. The number of hydrogen-bond donors (Lipinski definition) is 1. The van der Waals surface area contributed by atoms with Gasteiger partial charge in [0.2, 0.25) is 5.91 Å². The van der Waals surface area contributed by atoms with Crippen LogP contribution in [-0.2, 0) is 11.3 Å². The molecule has 2 heterocycles. The summed E-state index contributed by atoms with van der Waals surface area (Å²) in [4.78, 5) is 31.3. The molecule has 1 unspecified atom stereocenters. The molecule has 3 rings (SSSR count). The molecule has 7 heteroatoms. The maximum absolute atomic E-state index is 12.6. The van der Waals surface area contributed by atoms with E-state index in [0.717, 1.165) is 37.0 Å². The second-order valence-corrected chi connectivity index (χ2v) is 6.43. The maximum Gasteiger partial charge on any atom is 0.261 e. The van der Waals surface area contributed by atoms with Gasteiger partial charge in [0.1, 0.15) is 0 Å². The smallest absolute Gasteiger partial charge is 0.261 e. The molecule has 0 saturated carbocycles. The van der Waals surface area contributed by atoms with Gasteiger partial charge in [-0.3, -0.25) is 14.2 Å². The van der Waals surface area contributed by atoms with E-state index >= 15 is 0 Å². The first kappa shape index (κ1) is 19.4. The first-order valence-corrected chi connectivity index (χ1v) is 8.50. The summed E-state index contributed by atoms with van der Waals surface area (Å²) in [6, 6.07) is 5.97. The third-order valence-electron chi connectivity index (χ3n) is 4.80. The minimum Gasteiger partial charge on any atom is -0.341 e. The lowest BCUT2D eigenvalue weighted by Crippen LogP contribution is -2.47. The molecule has 1 aromatic carbocycles. The van der Waals surface area contributed by atoms with Gasteiger partial charge in [0.05, 0.1) is 17.2 Å². The van der Waals surface area contributed by atoms with E-state index < -0.39 is 0 Å². The number of fused-ring (bicyclic) bond motifs is 1. The van der Waals surface area contributed by atoms with E-state index in [4.69, 9.17) is 0 Å². The van der Waals surface area contributed by atoms with Crippen LogP contribution in [0, 0.1) is 6.92 Å². The quantitative estimate of drug-likeness (QED) is 0.897. The van der Waals surface area contributed by atoms with Crippen molar-refractivity contribution in [3.63, 3.8) is 0 Å². The fourth-order valence-electron chi connectivity index (χ4n) is 3.31. The van der Waals surface area contributed by atoms with Crippen molar-refractivity contribution in [1.29, 1.82) is 0 Å². The Hall–Kier alpha value is -1.92. The van der Waals surface area contributed by atoms with Crippen LogP contribution in [0.25, 0.3) is 10.9 Å². The van der Waals surface area contributed by atoms with Crippen LogP contribution in [0.3, 0.4) is 0 Å². The summed E-state index contributed by atoms with van der Waals surface area (Å²) in [5, 5.41) is 3.85. The van der Waals surface area contributed by atoms with Gasteiger partial charge in [-0.15, -0.1) is 12.4 Å². The number of carbonyl (C=O) groups is 1. The summed E-state index contributed by atoms with van der Waals surface area (Å²) >= 11 is 0. The Morgan fingerprint density at radius 1 is 1.40 bits per heavy atom. The van der Waals surface area contributed by atoms with Crippen molar-refractivity contribution in [2.75, 3.05) is 20.1 Å². The van der Waals surface area contributed by atoms with E-state index in [1.165, 1.54) is 0 Å². The zero-order valence-electron chi connectivity index (χ0n) is 14.7. The molecule has 25 heavy (non-hydrogen) atoms. The molecule has 1 saturated heterocycles. The molecule has 1 N–H and O–H groups in total. The van der Waals surface area contributed by atoms with Gasteiger partial charge in [-0.25, -0.2) is 4.98 Å². The van der Waals surface area contributed by atoms with Crippen molar-refractivity contribution in [3.05, 3.63) is 40.4 Å². The molecule has 1 fully saturated rings. The molecule has 2 aromatic rings. The highest BCUT2D eigenvalue weighted by Crippen LogP contribution is 2.13. The SMILES string of the molecule is CNC1CCCN(C(=O)CCn2cnc3c(C)cccc3c2=O)C1.Cl. The highest BCUT2D eigenvalue weighted by Gasteiger charge is 2.22. The minimum absolute atomic E-state index is 0. The minimum atomic E-state index is -0.0803. The monoisotopic (exact) mass is 364 g/mol. The van der Waals surface area contributed by atoms with E-state index in [9.17, 15) is 9.59 Å². The highest BCUT2D eigenvalue weighted by molar-refractivity contribution is 5.85. The first-order valence-electron chi connectivity index (χ1n) is 8.50.